The fraction of sp³-hybridized carbons (Fsp3) is 1.00. The van der Waals surface area contributed by atoms with Crippen molar-refractivity contribution < 1.29 is 4.74 Å². The molecular weight excluding hydrogens is 230 g/mol. The van der Waals surface area contributed by atoms with Crippen LogP contribution in [0.15, 0.2) is 0 Å². The first-order chi connectivity index (χ1) is 8.36. The van der Waals surface area contributed by atoms with E-state index in [9.17, 15) is 0 Å². The molecule has 98 valence electrons. The van der Waals surface area contributed by atoms with Crippen LogP contribution < -0.4 is 5.32 Å². The van der Waals surface area contributed by atoms with Crippen LogP contribution in [0.4, 0.5) is 0 Å². The van der Waals surface area contributed by atoms with Crippen molar-refractivity contribution in [2.75, 3.05) is 18.8 Å². The third kappa shape index (κ3) is 2.99. The summed E-state index contributed by atoms with van der Waals surface area (Å²) in [5.41, 5.74) is 0.314. The van der Waals surface area contributed by atoms with Crippen LogP contribution in [0, 0.1) is 0 Å². The molecule has 0 radical (unpaired) electrons. The van der Waals surface area contributed by atoms with Crippen LogP contribution in [-0.2, 0) is 4.74 Å². The van der Waals surface area contributed by atoms with E-state index in [-0.39, 0.29) is 0 Å². The van der Waals surface area contributed by atoms with Crippen molar-refractivity contribution in [3.63, 3.8) is 0 Å². The van der Waals surface area contributed by atoms with Gasteiger partial charge in [0.25, 0.3) is 0 Å². The number of ether oxygens (including phenoxy) is 1. The summed E-state index contributed by atoms with van der Waals surface area (Å²) in [5.74, 6) is 1.37. The molecule has 2 unspecified atom stereocenters. The van der Waals surface area contributed by atoms with E-state index in [2.05, 4.69) is 17.1 Å². The maximum atomic E-state index is 6.31. The molecule has 2 aliphatic heterocycles. The van der Waals surface area contributed by atoms with E-state index in [1.165, 1.54) is 63.7 Å². The zero-order valence-electron chi connectivity index (χ0n) is 10.7. The second-order valence-electron chi connectivity index (χ2n) is 5.96. The van der Waals surface area contributed by atoms with Crippen LogP contribution in [0.3, 0.4) is 0 Å². The Morgan fingerprint density at radius 3 is 2.71 bits per heavy atom. The Kier molecular flexibility index (Phi) is 3.98. The molecule has 0 aromatic rings. The Bertz CT molecular complexity index is 247. The second kappa shape index (κ2) is 5.50. The van der Waals surface area contributed by atoms with E-state index >= 15 is 0 Å². The highest BCUT2D eigenvalue weighted by Crippen LogP contribution is 2.43. The largest absolute Gasteiger partial charge is 0.370 e. The minimum atomic E-state index is 0.314. The van der Waals surface area contributed by atoms with Crippen molar-refractivity contribution in [1.82, 2.24) is 5.32 Å². The van der Waals surface area contributed by atoms with Gasteiger partial charge < -0.3 is 10.1 Å². The topological polar surface area (TPSA) is 21.3 Å². The average molecular weight is 255 g/mol. The summed E-state index contributed by atoms with van der Waals surface area (Å²) in [7, 11) is 0. The van der Waals surface area contributed by atoms with Gasteiger partial charge in [-0.25, -0.2) is 0 Å². The molecule has 1 saturated carbocycles. The molecule has 3 aliphatic rings. The second-order valence-corrected chi connectivity index (χ2v) is 7.37. The lowest BCUT2D eigenvalue weighted by Gasteiger charge is -2.24. The van der Waals surface area contributed by atoms with Gasteiger partial charge in [-0.2, -0.15) is 11.8 Å². The van der Waals surface area contributed by atoms with Gasteiger partial charge in [0.1, 0.15) is 0 Å². The molecule has 3 fully saturated rings. The van der Waals surface area contributed by atoms with Crippen molar-refractivity contribution in [3.8, 4) is 0 Å². The number of hydrogen-bond acceptors (Lipinski definition) is 3. The van der Waals surface area contributed by atoms with Crippen LogP contribution in [0.2, 0.25) is 0 Å². The molecule has 2 heterocycles. The third-order valence-corrected chi connectivity index (χ3v) is 6.02. The number of rotatable bonds is 4. The molecule has 1 spiro atoms. The van der Waals surface area contributed by atoms with E-state index in [0.717, 1.165) is 11.8 Å². The van der Waals surface area contributed by atoms with Crippen LogP contribution >= 0.6 is 11.8 Å². The molecule has 2 saturated heterocycles. The standard InChI is InChI=1S/C14H25NOS/c1-2-7-14(6-1)8-5-12(16-14)10-15-11-13-4-3-9-17-13/h12-13,15H,1-11H2. The molecule has 2 nitrogen and oxygen atoms in total. The normalized spacial score (nSPS) is 36.0. The molecule has 0 bridgehead atoms. The van der Waals surface area contributed by atoms with Crippen molar-refractivity contribution in [2.45, 2.75) is 68.3 Å². The predicted molar refractivity (Wildman–Crippen MR) is 73.7 cm³/mol. The van der Waals surface area contributed by atoms with Gasteiger partial charge in [-0.1, -0.05) is 12.8 Å². The molecule has 0 amide bonds. The average Bonchev–Trinajstić information content (AvgIpc) is 3.04. The molecule has 2 atom stereocenters. The molecule has 0 aromatic heterocycles. The van der Waals surface area contributed by atoms with Crippen molar-refractivity contribution in [3.05, 3.63) is 0 Å². The molecule has 1 aliphatic carbocycles. The highest BCUT2D eigenvalue weighted by molar-refractivity contribution is 8.00. The Morgan fingerprint density at radius 1 is 1.06 bits per heavy atom. The summed E-state index contributed by atoms with van der Waals surface area (Å²) in [6.07, 6.45) is 11.3. The fourth-order valence-corrected chi connectivity index (χ4v) is 4.87. The van der Waals surface area contributed by atoms with Crippen LogP contribution in [0.1, 0.15) is 51.4 Å². The zero-order chi connectivity index (χ0) is 11.6. The Morgan fingerprint density at radius 2 is 1.94 bits per heavy atom. The van der Waals surface area contributed by atoms with Gasteiger partial charge in [-0.05, 0) is 44.3 Å². The van der Waals surface area contributed by atoms with E-state index < -0.39 is 0 Å². The lowest BCUT2D eigenvalue weighted by atomic mass is 9.98. The molecular formula is C14H25NOS. The predicted octanol–water partition coefficient (Wildman–Crippen LogP) is 2.96. The highest BCUT2D eigenvalue weighted by atomic mass is 32.2. The van der Waals surface area contributed by atoms with Gasteiger partial charge >= 0.3 is 0 Å². The van der Waals surface area contributed by atoms with Crippen molar-refractivity contribution in [1.29, 1.82) is 0 Å². The summed E-state index contributed by atoms with van der Waals surface area (Å²) in [5, 5.41) is 4.50. The van der Waals surface area contributed by atoms with Gasteiger partial charge in [-0.15, -0.1) is 0 Å². The van der Waals surface area contributed by atoms with Gasteiger partial charge in [0.05, 0.1) is 11.7 Å². The molecule has 0 aromatic carbocycles. The van der Waals surface area contributed by atoms with Gasteiger partial charge in [0.15, 0.2) is 0 Å². The molecule has 1 N–H and O–H groups in total. The fourth-order valence-electron chi connectivity index (χ4n) is 3.64. The molecule has 3 heteroatoms. The highest BCUT2D eigenvalue weighted by Gasteiger charge is 2.41. The van der Waals surface area contributed by atoms with Gasteiger partial charge in [0.2, 0.25) is 0 Å². The van der Waals surface area contributed by atoms with Gasteiger partial charge in [-0.3, -0.25) is 0 Å². The Hall–Kier alpha value is 0.270. The van der Waals surface area contributed by atoms with Crippen LogP contribution in [0.5, 0.6) is 0 Å². The van der Waals surface area contributed by atoms with Crippen molar-refractivity contribution in [2.24, 2.45) is 0 Å². The quantitative estimate of drug-likeness (QED) is 0.834. The first-order valence-corrected chi connectivity index (χ1v) is 8.41. The minimum Gasteiger partial charge on any atom is -0.370 e. The van der Waals surface area contributed by atoms with E-state index in [1.807, 2.05) is 0 Å². The maximum absolute atomic E-state index is 6.31. The van der Waals surface area contributed by atoms with Crippen molar-refractivity contribution >= 4 is 11.8 Å². The summed E-state index contributed by atoms with van der Waals surface area (Å²) < 4.78 is 6.31. The van der Waals surface area contributed by atoms with Crippen LogP contribution in [0.25, 0.3) is 0 Å². The third-order valence-electron chi connectivity index (χ3n) is 4.62. The summed E-state index contributed by atoms with van der Waals surface area (Å²) in [6.45, 7) is 2.27. The van der Waals surface area contributed by atoms with Crippen LogP contribution in [-0.4, -0.2) is 35.8 Å². The first-order valence-electron chi connectivity index (χ1n) is 7.36. The first kappa shape index (κ1) is 12.3. The van der Waals surface area contributed by atoms with E-state index in [1.54, 1.807) is 0 Å². The lowest BCUT2D eigenvalue weighted by Crippen LogP contribution is -2.33. The maximum Gasteiger partial charge on any atom is 0.0708 e. The minimum absolute atomic E-state index is 0.314. The SMILES string of the molecule is C1CSC(CNCC2CCC3(CCCC3)O2)C1. The van der Waals surface area contributed by atoms with E-state index in [4.69, 9.17) is 4.74 Å². The Labute approximate surface area is 109 Å². The van der Waals surface area contributed by atoms with E-state index in [0.29, 0.717) is 11.7 Å². The number of thioether (sulfide) groups is 1. The molecule has 17 heavy (non-hydrogen) atoms. The monoisotopic (exact) mass is 255 g/mol. The zero-order valence-corrected chi connectivity index (χ0v) is 11.6. The smallest absolute Gasteiger partial charge is 0.0708 e. The number of nitrogens with one attached hydrogen (secondary N) is 1. The summed E-state index contributed by atoms with van der Waals surface area (Å²) in [6, 6.07) is 0. The molecule has 3 rings (SSSR count). The summed E-state index contributed by atoms with van der Waals surface area (Å²) in [4.78, 5) is 0. The van der Waals surface area contributed by atoms with Gasteiger partial charge in [0, 0.05) is 18.3 Å². The number of hydrogen-bond donors (Lipinski definition) is 1. The summed E-state index contributed by atoms with van der Waals surface area (Å²) >= 11 is 2.14. The Balaban J connectivity index is 1.36. The lowest BCUT2D eigenvalue weighted by molar-refractivity contribution is -0.0350.